The van der Waals surface area contributed by atoms with Gasteiger partial charge in [-0.05, 0) is 62.1 Å². The summed E-state index contributed by atoms with van der Waals surface area (Å²) in [5.41, 5.74) is 4.36. The van der Waals surface area contributed by atoms with Gasteiger partial charge in [-0.15, -0.1) is 10.2 Å². The van der Waals surface area contributed by atoms with Crippen LogP contribution >= 0.6 is 0 Å². The third-order valence-corrected chi connectivity index (χ3v) is 6.23. The Kier molecular flexibility index (Phi) is 5.51. The number of nitrogens with zero attached hydrogens (tertiary/aromatic N) is 6. The molecule has 1 saturated heterocycles. The van der Waals surface area contributed by atoms with E-state index in [1.54, 1.807) is 0 Å². The minimum atomic E-state index is 0.123. The van der Waals surface area contributed by atoms with Crippen molar-refractivity contribution in [2.24, 2.45) is 13.0 Å². The Morgan fingerprint density at radius 3 is 2.66 bits per heavy atom. The molecule has 1 aliphatic heterocycles. The van der Waals surface area contributed by atoms with Gasteiger partial charge in [0.2, 0.25) is 5.82 Å². The molecule has 0 aliphatic carbocycles. The lowest BCUT2D eigenvalue weighted by atomic mass is 9.92. The maximum atomic E-state index is 5.96. The molecule has 8 heteroatoms. The third-order valence-electron chi connectivity index (χ3n) is 6.23. The first-order chi connectivity index (χ1) is 15.6. The molecule has 0 unspecified atom stereocenters. The van der Waals surface area contributed by atoms with Gasteiger partial charge in [-0.2, -0.15) is 5.21 Å². The van der Waals surface area contributed by atoms with Crippen molar-refractivity contribution >= 4 is 16.7 Å². The number of rotatable bonds is 6. The summed E-state index contributed by atoms with van der Waals surface area (Å²) >= 11 is 0. The van der Waals surface area contributed by atoms with Gasteiger partial charge in [-0.3, -0.25) is 0 Å². The van der Waals surface area contributed by atoms with E-state index in [1.165, 1.54) is 11.3 Å². The van der Waals surface area contributed by atoms with Gasteiger partial charge in [0.1, 0.15) is 11.6 Å². The first-order valence-electron chi connectivity index (χ1n) is 11.3. The molecule has 32 heavy (non-hydrogen) atoms. The molecule has 3 heterocycles. The van der Waals surface area contributed by atoms with Crippen LogP contribution in [0.25, 0.3) is 22.4 Å². The number of para-hydroxylation sites is 2. The Hall–Kier alpha value is -3.42. The largest absolute Gasteiger partial charge is 0.491 e. The molecule has 2 aromatic carbocycles. The average molecular weight is 432 g/mol. The monoisotopic (exact) mass is 431 g/mol. The number of imidazole rings is 1. The summed E-state index contributed by atoms with van der Waals surface area (Å²) in [7, 11) is 2.12. The van der Waals surface area contributed by atoms with Crippen LogP contribution in [0.2, 0.25) is 0 Å². The van der Waals surface area contributed by atoms with Crippen LogP contribution in [0.3, 0.4) is 0 Å². The van der Waals surface area contributed by atoms with Crippen LogP contribution < -0.4 is 9.64 Å². The van der Waals surface area contributed by atoms with Crippen molar-refractivity contribution in [3.63, 3.8) is 0 Å². The van der Waals surface area contributed by atoms with E-state index in [1.807, 2.05) is 26.0 Å². The lowest BCUT2D eigenvalue weighted by Gasteiger charge is -2.34. The number of aromatic nitrogens is 6. The molecule has 1 aliphatic rings. The highest BCUT2D eigenvalue weighted by Crippen LogP contribution is 2.35. The first-order valence-corrected chi connectivity index (χ1v) is 11.3. The topological polar surface area (TPSA) is 84.8 Å². The molecule has 1 N–H and O–H groups in total. The quantitative estimate of drug-likeness (QED) is 0.497. The fraction of sp³-hybridized carbons (Fsp3) is 0.417. The van der Waals surface area contributed by atoms with Crippen molar-refractivity contribution in [2.75, 3.05) is 18.0 Å². The second-order valence-electron chi connectivity index (χ2n) is 8.79. The number of aromatic amines is 1. The second kappa shape index (κ2) is 8.61. The Balaban J connectivity index is 1.33. The fourth-order valence-corrected chi connectivity index (χ4v) is 4.60. The standard InChI is InChI=1S/C24H29N7O/c1-16(2)32-18-8-9-19(24-26-28-29-27-24)22(15-18)31-12-10-17(11-13-31)14-23-25-20-6-4-5-7-21(20)30(23)3/h4-9,15-17H,10-14H2,1-3H3,(H,26,27,28,29). The Morgan fingerprint density at radius 1 is 1.12 bits per heavy atom. The van der Waals surface area contributed by atoms with Crippen LogP contribution in [0.15, 0.2) is 42.5 Å². The van der Waals surface area contributed by atoms with E-state index in [-0.39, 0.29) is 6.10 Å². The van der Waals surface area contributed by atoms with Crippen LogP contribution in [0.1, 0.15) is 32.5 Å². The zero-order chi connectivity index (χ0) is 22.1. The van der Waals surface area contributed by atoms with Crippen LogP contribution in [0.5, 0.6) is 5.75 Å². The van der Waals surface area contributed by atoms with Gasteiger partial charge in [0.15, 0.2) is 0 Å². The summed E-state index contributed by atoms with van der Waals surface area (Å²) in [5, 5.41) is 14.7. The number of aryl methyl sites for hydroxylation is 1. The molecule has 0 atom stereocenters. The van der Waals surface area contributed by atoms with E-state index in [0.717, 1.165) is 54.9 Å². The number of benzene rings is 2. The molecule has 8 nitrogen and oxygen atoms in total. The van der Waals surface area contributed by atoms with Crippen LogP contribution in [0.4, 0.5) is 5.69 Å². The molecule has 0 bridgehead atoms. The highest BCUT2D eigenvalue weighted by atomic mass is 16.5. The Labute approximate surface area is 187 Å². The highest BCUT2D eigenvalue weighted by Gasteiger charge is 2.24. The third kappa shape index (κ3) is 4.04. The second-order valence-corrected chi connectivity index (χ2v) is 8.79. The minimum Gasteiger partial charge on any atom is -0.491 e. The molecule has 0 spiro atoms. The predicted octanol–water partition coefficient (Wildman–Crippen LogP) is 4.00. The van der Waals surface area contributed by atoms with Gasteiger partial charge in [0, 0.05) is 38.2 Å². The normalized spacial score (nSPS) is 15.1. The molecular formula is C24H29N7O. The van der Waals surface area contributed by atoms with Crippen molar-refractivity contribution in [1.82, 2.24) is 30.2 Å². The summed E-state index contributed by atoms with van der Waals surface area (Å²) in [4.78, 5) is 7.30. The SMILES string of the molecule is CC(C)Oc1ccc(-c2nn[nH]n2)c(N2CCC(Cc3nc4ccccc4n3C)CC2)c1. The number of nitrogens with one attached hydrogen (secondary N) is 1. The fourth-order valence-electron chi connectivity index (χ4n) is 4.60. The van der Waals surface area contributed by atoms with Crippen LogP contribution in [-0.2, 0) is 13.5 Å². The highest BCUT2D eigenvalue weighted by molar-refractivity contribution is 5.76. The van der Waals surface area contributed by atoms with E-state index in [2.05, 4.69) is 67.5 Å². The molecule has 0 saturated carbocycles. The summed E-state index contributed by atoms with van der Waals surface area (Å²) in [5.74, 6) is 3.26. The minimum absolute atomic E-state index is 0.123. The molecule has 1 fully saturated rings. The average Bonchev–Trinajstić information content (AvgIpc) is 3.43. The number of tetrazole rings is 1. The Bertz CT molecular complexity index is 1190. The number of hydrogen-bond donors (Lipinski definition) is 1. The molecule has 5 rings (SSSR count). The van der Waals surface area contributed by atoms with Gasteiger partial charge in [0.25, 0.3) is 0 Å². The summed E-state index contributed by atoms with van der Waals surface area (Å²) < 4.78 is 8.20. The van der Waals surface area contributed by atoms with E-state index < -0.39 is 0 Å². The smallest absolute Gasteiger partial charge is 0.206 e. The van der Waals surface area contributed by atoms with Crippen LogP contribution in [-0.4, -0.2) is 49.4 Å². The lowest BCUT2D eigenvalue weighted by molar-refractivity contribution is 0.242. The molecule has 2 aromatic heterocycles. The van der Waals surface area contributed by atoms with E-state index >= 15 is 0 Å². The summed E-state index contributed by atoms with van der Waals surface area (Å²) in [6, 6.07) is 14.5. The number of piperidine rings is 1. The number of hydrogen-bond acceptors (Lipinski definition) is 6. The zero-order valence-electron chi connectivity index (χ0n) is 18.8. The van der Waals surface area contributed by atoms with Gasteiger partial charge in [0.05, 0.1) is 22.8 Å². The summed E-state index contributed by atoms with van der Waals surface area (Å²) in [6.07, 6.45) is 3.36. The van der Waals surface area contributed by atoms with Crippen molar-refractivity contribution in [1.29, 1.82) is 0 Å². The van der Waals surface area contributed by atoms with Gasteiger partial charge in [-0.1, -0.05) is 12.1 Å². The van der Waals surface area contributed by atoms with Crippen molar-refractivity contribution < 1.29 is 4.74 Å². The number of fused-ring (bicyclic) bond motifs is 1. The molecule has 0 amide bonds. The van der Waals surface area contributed by atoms with Gasteiger partial charge >= 0.3 is 0 Å². The zero-order valence-corrected chi connectivity index (χ0v) is 18.8. The van der Waals surface area contributed by atoms with Crippen molar-refractivity contribution in [3.8, 4) is 17.1 Å². The van der Waals surface area contributed by atoms with E-state index in [9.17, 15) is 0 Å². The predicted molar refractivity (Wildman–Crippen MR) is 125 cm³/mol. The first kappa shape index (κ1) is 20.5. The number of ether oxygens (including phenoxy) is 1. The van der Waals surface area contributed by atoms with Crippen molar-refractivity contribution in [2.45, 2.75) is 39.2 Å². The van der Waals surface area contributed by atoms with E-state index in [0.29, 0.717) is 11.7 Å². The molecule has 4 aromatic rings. The maximum Gasteiger partial charge on any atom is 0.206 e. The maximum absolute atomic E-state index is 5.96. The van der Waals surface area contributed by atoms with Gasteiger partial charge in [-0.25, -0.2) is 4.98 Å². The van der Waals surface area contributed by atoms with Crippen molar-refractivity contribution in [3.05, 3.63) is 48.3 Å². The van der Waals surface area contributed by atoms with Gasteiger partial charge < -0.3 is 14.2 Å². The molecule has 0 radical (unpaired) electrons. The summed E-state index contributed by atoms with van der Waals surface area (Å²) in [6.45, 7) is 6.04. The number of H-pyrrole nitrogens is 1. The molecule has 166 valence electrons. The molecular weight excluding hydrogens is 402 g/mol. The Morgan fingerprint density at radius 2 is 1.94 bits per heavy atom. The van der Waals surface area contributed by atoms with Crippen LogP contribution in [0, 0.1) is 5.92 Å². The lowest BCUT2D eigenvalue weighted by Crippen LogP contribution is -2.35. The van der Waals surface area contributed by atoms with E-state index in [4.69, 9.17) is 9.72 Å². The number of anilines is 1.